The number of rotatable bonds is 9. The molecule has 20 heavy (non-hydrogen) atoms. The second-order valence-corrected chi connectivity index (χ2v) is 4.87. The van der Waals surface area contributed by atoms with Gasteiger partial charge in [0.25, 0.3) is 0 Å². The molecule has 2 atom stereocenters. The van der Waals surface area contributed by atoms with Crippen molar-refractivity contribution in [1.82, 2.24) is 0 Å². The smallest absolute Gasteiger partial charge is 0.206 e. The number of hydrogen-bond acceptors (Lipinski definition) is 3. The van der Waals surface area contributed by atoms with E-state index in [0.717, 1.165) is 12.8 Å². The Morgan fingerprint density at radius 3 is 2.35 bits per heavy atom. The van der Waals surface area contributed by atoms with Gasteiger partial charge < -0.3 is 10.2 Å². The second kappa shape index (κ2) is 12.7. The first-order valence-electron chi connectivity index (χ1n) is 7.49. The van der Waals surface area contributed by atoms with Crippen LogP contribution >= 0.6 is 0 Å². The molecule has 0 aliphatic heterocycles. The van der Waals surface area contributed by atoms with Gasteiger partial charge in [0.05, 0.1) is 12.2 Å². The van der Waals surface area contributed by atoms with E-state index >= 15 is 0 Å². The van der Waals surface area contributed by atoms with E-state index in [0.29, 0.717) is 12.8 Å². The fourth-order valence-electron chi connectivity index (χ4n) is 1.67. The third kappa shape index (κ3) is 10.6. The van der Waals surface area contributed by atoms with Crippen LogP contribution in [0.3, 0.4) is 0 Å². The lowest BCUT2D eigenvalue weighted by Gasteiger charge is -2.15. The summed E-state index contributed by atoms with van der Waals surface area (Å²) in [7, 11) is 0. The first-order chi connectivity index (χ1) is 9.61. The van der Waals surface area contributed by atoms with Crippen LogP contribution in [0, 0.1) is 23.7 Å². The summed E-state index contributed by atoms with van der Waals surface area (Å²) in [5, 5.41) is 19.5. The number of hydrogen-bond donors (Lipinski definition) is 2. The Morgan fingerprint density at radius 1 is 1.00 bits per heavy atom. The fourth-order valence-corrected chi connectivity index (χ4v) is 1.67. The maximum absolute atomic E-state index is 10.9. The summed E-state index contributed by atoms with van der Waals surface area (Å²) in [6.45, 7) is 3.90. The summed E-state index contributed by atoms with van der Waals surface area (Å²) in [6, 6.07) is 0. The molecule has 2 N–H and O–H groups in total. The topological polar surface area (TPSA) is 57.5 Å². The van der Waals surface area contributed by atoms with E-state index in [1.807, 2.05) is 0 Å². The van der Waals surface area contributed by atoms with Crippen LogP contribution < -0.4 is 0 Å². The number of aliphatic hydroxyl groups excluding tert-OH is 2. The van der Waals surface area contributed by atoms with Crippen LogP contribution in [0.15, 0.2) is 0 Å². The van der Waals surface area contributed by atoms with Crippen LogP contribution in [0.2, 0.25) is 0 Å². The van der Waals surface area contributed by atoms with Crippen LogP contribution in [-0.4, -0.2) is 28.2 Å². The van der Waals surface area contributed by atoms with Gasteiger partial charge in [-0.1, -0.05) is 51.9 Å². The average Bonchev–Trinajstić information content (AvgIpc) is 2.45. The molecule has 0 bridgehead atoms. The van der Waals surface area contributed by atoms with Gasteiger partial charge >= 0.3 is 0 Å². The van der Waals surface area contributed by atoms with Crippen LogP contribution in [-0.2, 0) is 4.79 Å². The molecule has 0 aliphatic carbocycles. The average molecular weight is 278 g/mol. The highest BCUT2D eigenvalue weighted by Gasteiger charge is 2.14. The van der Waals surface area contributed by atoms with Crippen molar-refractivity contribution in [3.63, 3.8) is 0 Å². The van der Waals surface area contributed by atoms with Gasteiger partial charge in [-0.3, -0.25) is 4.79 Å². The summed E-state index contributed by atoms with van der Waals surface area (Å²) in [6.07, 6.45) is 5.23. The molecule has 0 aromatic heterocycles. The van der Waals surface area contributed by atoms with Crippen molar-refractivity contribution < 1.29 is 15.0 Å². The molecule has 0 fully saturated rings. The molecule has 0 saturated heterocycles. The van der Waals surface area contributed by atoms with Crippen molar-refractivity contribution in [2.24, 2.45) is 0 Å². The van der Waals surface area contributed by atoms with Crippen molar-refractivity contribution >= 4 is 5.78 Å². The predicted molar refractivity (Wildman–Crippen MR) is 80.9 cm³/mol. The lowest BCUT2D eigenvalue weighted by atomic mass is 10.0. The molecule has 0 aromatic rings. The first-order valence-corrected chi connectivity index (χ1v) is 7.49. The van der Waals surface area contributed by atoms with E-state index < -0.39 is 12.2 Å². The Labute approximate surface area is 122 Å². The summed E-state index contributed by atoms with van der Waals surface area (Å²) in [5.74, 6) is 9.87. The van der Waals surface area contributed by atoms with E-state index in [-0.39, 0.29) is 12.2 Å². The Kier molecular flexibility index (Phi) is 11.9. The van der Waals surface area contributed by atoms with Crippen LogP contribution in [0.5, 0.6) is 0 Å². The van der Waals surface area contributed by atoms with E-state index in [9.17, 15) is 15.0 Å². The second-order valence-electron chi connectivity index (χ2n) is 4.87. The lowest BCUT2D eigenvalue weighted by molar-refractivity contribution is -0.113. The van der Waals surface area contributed by atoms with E-state index in [1.54, 1.807) is 6.92 Å². The highest BCUT2D eigenvalue weighted by molar-refractivity contribution is 5.95. The van der Waals surface area contributed by atoms with Crippen molar-refractivity contribution in [3.05, 3.63) is 0 Å². The predicted octanol–water partition coefficient (Wildman–Crippen LogP) is 2.44. The largest absolute Gasteiger partial charge is 0.390 e. The maximum Gasteiger partial charge on any atom is 0.206 e. The van der Waals surface area contributed by atoms with E-state index in [4.69, 9.17) is 0 Å². The minimum absolute atomic E-state index is 0.146. The van der Waals surface area contributed by atoms with Crippen LogP contribution in [0.1, 0.15) is 65.2 Å². The Bertz CT molecular complexity index is 379. The Hall–Kier alpha value is -1.29. The summed E-state index contributed by atoms with van der Waals surface area (Å²) >= 11 is 0. The van der Waals surface area contributed by atoms with Crippen molar-refractivity contribution in [3.8, 4) is 23.7 Å². The summed E-state index contributed by atoms with van der Waals surface area (Å²) in [4.78, 5) is 10.9. The van der Waals surface area contributed by atoms with E-state index in [1.165, 1.54) is 19.3 Å². The molecule has 0 saturated carbocycles. The molecular formula is C17H26O3. The van der Waals surface area contributed by atoms with E-state index in [2.05, 4.69) is 30.6 Å². The van der Waals surface area contributed by atoms with Gasteiger partial charge in [0.15, 0.2) is 0 Å². The van der Waals surface area contributed by atoms with Gasteiger partial charge in [0.1, 0.15) is 0 Å². The minimum Gasteiger partial charge on any atom is -0.390 e. The zero-order valence-corrected chi connectivity index (χ0v) is 12.6. The molecule has 3 nitrogen and oxygen atoms in total. The molecule has 0 amide bonds. The molecule has 0 rings (SSSR count). The van der Waals surface area contributed by atoms with Crippen molar-refractivity contribution in [2.75, 3.05) is 0 Å². The molecule has 0 aliphatic rings. The fraction of sp³-hybridized carbons (Fsp3) is 0.706. The normalized spacial score (nSPS) is 12.6. The number of carbonyl (C=O) groups excluding carboxylic acids is 1. The summed E-state index contributed by atoms with van der Waals surface area (Å²) < 4.78 is 0. The van der Waals surface area contributed by atoms with Crippen LogP contribution in [0.25, 0.3) is 0 Å². The molecule has 0 heterocycles. The first kappa shape index (κ1) is 18.7. The zero-order valence-electron chi connectivity index (χ0n) is 12.6. The molecule has 0 unspecified atom stereocenters. The third-order valence-corrected chi connectivity index (χ3v) is 3.03. The zero-order chi connectivity index (χ0) is 15.2. The Balaban J connectivity index is 3.84. The quantitative estimate of drug-likeness (QED) is 0.387. The number of unbranched alkanes of at least 4 members (excludes halogenated alkanes) is 4. The lowest BCUT2D eigenvalue weighted by Crippen LogP contribution is -2.25. The minimum atomic E-state index is -0.836. The standard InChI is InChI=1S/C17H26O3/c1-3-5-6-7-10-13-16(19)17(20)14-11-8-9-12-15(18)4-2/h16-17,19-20H,3-7,10,13-14H2,1-2H3/t16-,17-/m1/s1. The SMILES string of the molecule is CCCCCCC[C@@H](O)[C@H](O)CC#CC#CC(=O)CC. The highest BCUT2D eigenvalue weighted by atomic mass is 16.3. The van der Waals surface area contributed by atoms with Gasteiger partial charge in [-0.2, -0.15) is 0 Å². The molecular weight excluding hydrogens is 252 g/mol. The van der Waals surface area contributed by atoms with Gasteiger partial charge in [0, 0.05) is 12.8 Å². The van der Waals surface area contributed by atoms with Gasteiger partial charge in [-0.15, -0.1) is 0 Å². The molecule has 3 heteroatoms. The van der Waals surface area contributed by atoms with Gasteiger partial charge in [-0.05, 0) is 24.2 Å². The molecule has 0 radical (unpaired) electrons. The Morgan fingerprint density at radius 2 is 1.70 bits per heavy atom. The third-order valence-electron chi connectivity index (χ3n) is 3.03. The molecule has 0 aromatic carbocycles. The highest BCUT2D eigenvalue weighted by Crippen LogP contribution is 2.10. The monoisotopic (exact) mass is 278 g/mol. The van der Waals surface area contributed by atoms with Crippen molar-refractivity contribution in [1.29, 1.82) is 0 Å². The van der Waals surface area contributed by atoms with Crippen LogP contribution in [0.4, 0.5) is 0 Å². The van der Waals surface area contributed by atoms with Gasteiger partial charge in [0.2, 0.25) is 5.78 Å². The molecule has 0 spiro atoms. The number of Topliss-reactive ketones (excluding diaryl/α,β-unsaturated/α-hetero) is 1. The molecule has 112 valence electrons. The van der Waals surface area contributed by atoms with Gasteiger partial charge in [-0.25, -0.2) is 0 Å². The number of carbonyl (C=O) groups is 1. The number of aliphatic hydroxyl groups is 2. The van der Waals surface area contributed by atoms with Crippen molar-refractivity contribution in [2.45, 2.75) is 77.4 Å². The number of ketones is 1. The maximum atomic E-state index is 10.9. The summed E-state index contributed by atoms with van der Waals surface area (Å²) in [5.41, 5.74) is 0.